The lowest BCUT2D eigenvalue weighted by molar-refractivity contribution is -0.125. The maximum Gasteiger partial charge on any atom is 0.264 e. The van der Waals surface area contributed by atoms with Gasteiger partial charge in [-0.05, 0) is 54.5 Å². The zero-order chi connectivity index (χ0) is 23.5. The number of amides is 3. The second kappa shape index (κ2) is 12.8. The van der Waals surface area contributed by atoms with Crippen molar-refractivity contribution in [2.45, 2.75) is 26.2 Å². The highest BCUT2D eigenvalue weighted by Crippen LogP contribution is 2.25. The highest BCUT2D eigenvalue weighted by molar-refractivity contribution is 7.80. The van der Waals surface area contributed by atoms with Crippen LogP contribution in [0.2, 0.25) is 10.0 Å². The lowest BCUT2D eigenvalue weighted by Gasteiger charge is -2.12. The summed E-state index contributed by atoms with van der Waals surface area (Å²) in [5, 5.41) is 5.59. The molecule has 2 aromatic rings. The fraction of sp³-hybridized carbons (Fsp3) is 0.238. The number of rotatable bonds is 8. The summed E-state index contributed by atoms with van der Waals surface area (Å²) in [4.78, 5) is 35.7. The van der Waals surface area contributed by atoms with Gasteiger partial charge in [-0.2, -0.15) is 0 Å². The normalized spacial score (nSPS) is 10.1. The van der Waals surface area contributed by atoms with E-state index >= 15 is 0 Å². The van der Waals surface area contributed by atoms with Crippen molar-refractivity contribution >= 4 is 63.9 Å². The van der Waals surface area contributed by atoms with Crippen LogP contribution in [0.4, 0.5) is 5.69 Å². The van der Waals surface area contributed by atoms with Crippen molar-refractivity contribution in [3.63, 3.8) is 0 Å². The van der Waals surface area contributed by atoms with Crippen molar-refractivity contribution in [1.82, 2.24) is 16.2 Å². The van der Waals surface area contributed by atoms with E-state index in [-0.39, 0.29) is 24.6 Å². The van der Waals surface area contributed by atoms with E-state index in [4.69, 9.17) is 40.2 Å². The largest absolute Gasteiger partial charge is 0.484 e. The van der Waals surface area contributed by atoms with Crippen molar-refractivity contribution in [1.29, 1.82) is 0 Å². The molecule has 0 spiro atoms. The van der Waals surface area contributed by atoms with Crippen LogP contribution < -0.4 is 26.2 Å². The Morgan fingerprint density at radius 3 is 2.28 bits per heavy atom. The number of anilines is 1. The maximum absolute atomic E-state index is 12.0. The van der Waals surface area contributed by atoms with Crippen LogP contribution >= 0.6 is 35.4 Å². The number of carbonyl (C=O) groups is 3. The monoisotopic (exact) mass is 496 g/mol. The van der Waals surface area contributed by atoms with E-state index in [9.17, 15) is 14.4 Å². The van der Waals surface area contributed by atoms with Gasteiger partial charge < -0.3 is 10.1 Å². The molecule has 170 valence electrons. The minimum Gasteiger partial charge on any atom is -0.484 e. The number of hydrogen-bond acceptors (Lipinski definition) is 5. The van der Waals surface area contributed by atoms with E-state index in [2.05, 4.69) is 21.5 Å². The first kappa shape index (κ1) is 25.4. The van der Waals surface area contributed by atoms with Crippen molar-refractivity contribution in [2.75, 3.05) is 11.9 Å². The van der Waals surface area contributed by atoms with Crippen molar-refractivity contribution in [3.8, 4) is 5.75 Å². The lowest BCUT2D eigenvalue weighted by atomic mass is 10.2. The average Bonchev–Trinajstić information content (AvgIpc) is 2.77. The van der Waals surface area contributed by atoms with Gasteiger partial charge >= 0.3 is 0 Å². The molecule has 2 rings (SSSR count). The summed E-state index contributed by atoms with van der Waals surface area (Å²) in [5.74, 6) is -0.825. The second-order valence-electron chi connectivity index (χ2n) is 6.51. The molecule has 3 amide bonds. The summed E-state index contributed by atoms with van der Waals surface area (Å²) < 4.78 is 5.37. The van der Waals surface area contributed by atoms with Crippen LogP contribution in [0.25, 0.3) is 0 Å². The van der Waals surface area contributed by atoms with Gasteiger partial charge in [-0.15, -0.1) is 0 Å². The number of hydrazine groups is 1. The smallest absolute Gasteiger partial charge is 0.264 e. The molecule has 8 nitrogen and oxygen atoms in total. The number of aryl methyl sites for hydroxylation is 1. The minimum atomic E-state index is -0.494. The van der Waals surface area contributed by atoms with E-state index in [0.29, 0.717) is 21.5 Å². The molecule has 0 atom stereocenters. The zero-order valence-electron chi connectivity index (χ0n) is 17.2. The van der Waals surface area contributed by atoms with Gasteiger partial charge in [0.2, 0.25) is 11.8 Å². The summed E-state index contributed by atoms with van der Waals surface area (Å²) in [6.45, 7) is 1.80. The van der Waals surface area contributed by atoms with E-state index in [1.165, 1.54) is 6.07 Å². The topological polar surface area (TPSA) is 109 Å². The van der Waals surface area contributed by atoms with E-state index in [1.54, 1.807) is 24.3 Å². The number of carbonyl (C=O) groups excluding carboxylic acids is 3. The minimum absolute atomic E-state index is 0.0871. The first-order valence-corrected chi connectivity index (χ1v) is 10.8. The fourth-order valence-corrected chi connectivity index (χ4v) is 3.00. The van der Waals surface area contributed by atoms with Gasteiger partial charge in [0.05, 0.1) is 10.7 Å². The standard InChI is InChI=1S/C21H22Cl2N4O4S/c1-2-13-3-6-15(7-4-13)31-12-20(30)25-21(32)27-26-19(29)10-9-18(28)24-17-8-5-14(22)11-16(17)23/h3-8,11H,2,9-10,12H2,1H3,(H,24,28)(H,26,29)(H2,25,27,30,32). The summed E-state index contributed by atoms with van der Waals surface area (Å²) >= 11 is 16.7. The SMILES string of the molecule is CCc1ccc(OCC(=O)NC(=S)NNC(=O)CCC(=O)Nc2ccc(Cl)cc2Cl)cc1. The van der Waals surface area contributed by atoms with Crippen LogP contribution in [-0.2, 0) is 20.8 Å². The molecule has 0 bridgehead atoms. The summed E-state index contributed by atoms with van der Waals surface area (Å²) in [5.41, 5.74) is 6.25. The Morgan fingerprint density at radius 2 is 1.62 bits per heavy atom. The van der Waals surface area contributed by atoms with Gasteiger partial charge in [-0.1, -0.05) is 42.3 Å². The summed E-state index contributed by atoms with van der Waals surface area (Å²) in [7, 11) is 0. The molecule has 0 aliphatic carbocycles. The summed E-state index contributed by atoms with van der Waals surface area (Å²) in [6, 6.07) is 12.0. The third-order valence-electron chi connectivity index (χ3n) is 4.05. The summed E-state index contributed by atoms with van der Waals surface area (Å²) in [6.07, 6.45) is 0.710. The molecular weight excluding hydrogens is 475 g/mol. The number of ether oxygens (including phenoxy) is 1. The molecule has 0 aromatic heterocycles. The molecule has 0 saturated heterocycles. The van der Waals surface area contributed by atoms with Gasteiger partial charge in [0.25, 0.3) is 5.91 Å². The third kappa shape index (κ3) is 9.09. The first-order valence-electron chi connectivity index (χ1n) is 9.62. The lowest BCUT2D eigenvalue weighted by Crippen LogP contribution is -2.49. The molecule has 0 aliphatic rings. The van der Waals surface area contributed by atoms with Crippen LogP contribution in [0.3, 0.4) is 0 Å². The second-order valence-corrected chi connectivity index (χ2v) is 7.76. The number of hydrogen-bond donors (Lipinski definition) is 4. The third-order valence-corrected chi connectivity index (χ3v) is 4.81. The average molecular weight is 497 g/mol. The van der Waals surface area contributed by atoms with E-state index in [0.717, 1.165) is 12.0 Å². The molecule has 0 saturated carbocycles. The zero-order valence-corrected chi connectivity index (χ0v) is 19.5. The molecule has 0 aliphatic heterocycles. The first-order chi connectivity index (χ1) is 15.3. The fourth-order valence-electron chi connectivity index (χ4n) is 2.38. The van der Waals surface area contributed by atoms with Crippen molar-refractivity contribution in [2.24, 2.45) is 0 Å². The molecule has 2 aromatic carbocycles. The Labute approximate surface area is 201 Å². The number of benzene rings is 2. The van der Waals surface area contributed by atoms with Gasteiger partial charge in [0.15, 0.2) is 11.7 Å². The van der Waals surface area contributed by atoms with Gasteiger partial charge in [-0.25, -0.2) is 0 Å². The molecule has 0 heterocycles. The molecular formula is C21H22Cl2N4O4S. The number of halogens is 2. The highest BCUT2D eigenvalue weighted by Gasteiger charge is 2.11. The van der Waals surface area contributed by atoms with Gasteiger partial charge in [0.1, 0.15) is 5.75 Å². The Kier molecular flexibility index (Phi) is 10.2. The van der Waals surface area contributed by atoms with Crippen molar-refractivity contribution < 1.29 is 19.1 Å². The van der Waals surface area contributed by atoms with Crippen LogP contribution in [0, 0.1) is 0 Å². The van der Waals surface area contributed by atoms with Gasteiger partial charge in [-0.3, -0.25) is 30.6 Å². The quantitative estimate of drug-likeness (QED) is 0.329. The predicted octanol–water partition coefficient (Wildman–Crippen LogP) is 3.38. The van der Waals surface area contributed by atoms with Crippen LogP contribution in [-0.4, -0.2) is 29.4 Å². The maximum atomic E-state index is 12.0. The number of nitrogens with one attached hydrogen (secondary N) is 4. The highest BCUT2D eigenvalue weighted by atomic mass is 35.5. The van der Waals surface area contributed by atoms with E-state index < -0.39 is 17.7 Å². The molecule has 32 heavy (non-hydrogen) atoms. The molecule has 0 radical (unpaired) electrons. The molecule has 4 N–H and O–H groups in total. The molecule has 11 heteroatoms. The molecule has 0 fully saturated rings. The predicted molar refractivity (Wildman–Crippen MR) is 128 cm³/mol. The van der Waals surface area contributed by atoms with Crippen LogP contribution in [0.5, 0.6) is 5.75 Å². The Hall–Kier alpha value is -2.88. The van der Waals surface area contributed by atoms with Gasteiger partial charge in [0, 0.05) is 17.9 Å². The van der Waals surface area contributed by atoms with Crippen LogP contribution in [0.1, 0.15) is 25.3 Å². The Bertz CT molecular complexity index is 986. The van der Waals surface area contributed by atoms with E-state index in [1.807, 2.05) is 19.1 Å². The Morgan fingerprint density at radius 1 is 0.938 bits per heavy atom. The van der Waals surface area contributed by atoms with Crippen molar-refractivity contribution in [3.05, 3.63) is 58.1 Å². The Balaban J connectivity index is 1.63. The molecule has 0 unspecified atom stereocenters. The van der Waals surface area contributed by atoms with Crippen LogP contribution in [0.15, 0.2) is 42.5 Å². The number of thiocarbonyl (C=S) groups is 1.